The van der Waals surface area contributed by atoms with E-state index in [1.54, 1.807) is 23.2 Å². The molecule has 0 saturated carbocycles. The van der Waals surface area contributed by atoms with Gasteiger partial charge in [-0.25, -0.2) is 9.78 Å². The maximum Gasteiger partial charge on any atom is 0.317 e. The average Bonchev–Trinajstić information content (AvgIpc) is 3.16. The van der Waals surface area contributed by atoms with Gasteiger partial charge in [-0.15, -0.1) is 0 Å². The van der Waals surface area contributed by atoms with Crippen LogP contribution in [0.5, 0.6) is 5.75 Å². The van der Waals surface area contributed by atoms with Crippen LogP contribution < -0.4 is 10.1 Å². The molecule has 1 unspecified atom stereocenters. The number of likely N-dealkylation sites (tertiary alicyclic amines) is 1. The van der Waals surface area contributed by atoms with Gasteiger partial charge in [0.05, 0.1) is 13.1 Å². The third-order valence-electron chi connectivity index (χ3n) is 3.87. The molecule has 0 aliphatic carbocycles. The Balaban J connectivity index is 1.48. The maximum absolute atomic E-state index is 12.2. The van der Waals surface area contributed by atoms with E-state index in [9.17, 15) is 4.79 Å². The molecule has 23 heavy (non-hydrogen) atoms. The molecule has 1 N–H and O–H groups in total. The Hall–Kier alpha value is -2.21. The standard InChI is InChI=1S/C16H19ClN4O2/c1-20-9-7-18-15(20)10-19-16(22)21-8-6-14(11-21)23-13-4-2-12(17)3-5-13/h2-5,7,9,14H,6,8,10-11H2,1H3,(H,19,22). The molecule has 122 valence electrons. The third kappa shape index (κ3) is 3.96. The fourth-order valence-electron chi connectivity index (χ4n) is 2.55. The van der Waals surface area contributed by atoms with Crippen LogP contribution in [0.15, 0.2) is 36.7 Å². The normalized spacial score (nSPS) is 17.3. The molecule has 7 heteroatoms. The number of aryl methyl sites for hydroxylation is 1. The largest absolute Gasteiger partial charge is 0.489 e. The number of carbonyl (C=O) groups is 1. The van der Waals surface area contributed by atoms with Crippen molar-refractivity contribution in [2.45, 2.75) is 19.1 Å². The van der Waals surface area contributed by atoms with Gasteiger partial charge < -0.3 is 19.5 Å². The van der Waals surface area contributed by atoms with Crippen molar-refractivity contribution in [2.24, 2.45) is 7.05 Å². The van der Waals surface area contributed by atoms with E-state index in [0.717, 1.165) is 18.0 Å². The van der Waals surface area contributed by atoms with E-state index in [1.807, 2.05) is 29.9 Å². The van der Waals surface area contributed by atoms with Crippen LogP contribution in [0.4, 0.5) is 4.79 Å². The number of hydrogen-bond acceptors (Lipinski definition) is 3. The topological polar surface area (TPSA) is 59.4 Å². The van der Waals surface area contributed by atoms with E-state index in [4.69, 9.17) is 16.3 Å². The van der Waals surface area contributed by atoms with E-state index >= 15 is 0 Å². The molecule has 2 amide bonds. The molecule has 1 aromatic carbocycles. The monoisotopic (exact) mass is 334 g/mol. The highest BCUT2D eigenvalue weighted by Gasteiger charge is 2.27. The first-order valence-corrected chi connectivity index (χ1v) is 7.91. The molecule has 0 radical (unpaired) electrons. The summed E-state index contributed by atoms with van der Waals surface area (Å²) in [4.78, 5) is 18.2. The van der Waals surface area contributed by atoms with Crippen molar-refractivity contribution in [3.05, 3.63) is 47.5 Å². The Morgan fingerprint density at radius 1 is 1.43 bits per heavy atom. The van der Waals surface area contributed by atoms with Gasteiger partial charge in [-0.05, 0) is 24.3 Å². The minimum absolute atomic E-state index is 0.00934. The zero-order chi connectivity index (χ0) is 16.2. The summed E-state index contributed by atoms with van der Waals surface area (Å²) in [6, 6.07) is 7.18. The van der Waals surface area contributed by atoms with Crippen molar-refractivity contribution in [3.63, 3.8) is 0 Å². The molecule has 2 aromatic rings. The van der Waals surface area contributed by atoms with Crippen LogP contribution >= 0.6 is 11.6 Å². The Labute approximate surface area is 140 Å². The lowest BCUT2D eigenvalue weighted by Gasteiger charge is -2.18. The van der Waals surface area contributed by atoms with Gasteiger partial charge in [0.1, 0.15) is 17.7 Å². The number of imidazole rings is 1. The van der Waals surface area contributed by atoms with Crippen LogP contribution in [0.2, 0.25) is 5.02 Å². The van der Waals surface area contributed by atoms with Crippen molar-refractivity contribution in [1.29, 1.82) is 0 Å². The van der Waals surface area contributed by atoms with Gasteiger partial charge >= 0.3 is 6.03 Å². The van der Waals surface area contributed by atoms with Crippen molar-refractivity contribution in [1.82, 2.24) is 19.8 Å². The minimum Gasteiger partial charge on any atom is -0.489 e. The van der Waals surface area contributed by atoms with Crippen LogP contribution in [0, 0.1) is 0 Å². The molecule has 1 atom stereocenters. The van der Waals surface area contributed by atoms with Gasteiger partial charge in [-0.1, -0.05) is 11.6 Å². The second-order valence-corrected chi connectivity index (χ2v) is 5.98. The maximum atomic E-state index is 12.2. The molecule has 6 nitrogen and oxygen atoms in total. The number of carbonyl (C=O) groups excluding carboxylic acids is 1. The van der Waals surface area contributed by atoms with Crippen molar-refractivity contribution >= 4 is 17.6 Å². The smallest absolute Gasteiger partial charge is 0.317 e. The summed E-state index contributed by atoms with van der Waals surface area (Å²) >= 11 is 5.86. The van der Waals surface area contributed by atoms with Crippen LogP contribution in [0.3, 0.4) is 0 Å². The Morgan fingerprint density at radius 3 is 2.91 bits per heavy atom. The molecule has 1 saturated heterocycles. The van der Waals surface area contributed by atoms with Crippen molar-refractivity contribution < 1.29 is 9.53 Å². The molecule has 3 rings (SSSR count). The van der Waals surface area contributed by atoms with Crippen LogP contribution in [0.25, 0.3) is 0 Å². The first-order valence-electron chi connectivity index (χ1n) is 7.53. The Morgan fingerprint density at radius 2 is 2.22 bits per heavy atom. The van der Waals surface area contributed by atoms with Crippen molar-refractivity contribution in [2.75, 3.05) is 13.1 Å². The molecule has 1 fully saturated rings. The molecule has 1 aliphatic heterocycles. The SMILES string of the molecule is Cn1ccnc1CNC(=O)N1CCC(Oc2ccc(Cl)cc2)C1. The first kappa shape index (κ1) is 15.7. The number of nitrogens with one attached hydrogen (secondary N) is 1. The average molecular weight is 335 g/mol. The van der Waals surface area contributed by atoms with Crippen LogP contribution in [-0.4, -0.2) is 39.7 Å². The molecule has 0 bridgehead atoms. The summed E-state index contributed by atoms with van der Waals surface area (Å²) in [6.07, 6.45) is 4.40. The fraction of sp³-hybridized carbons (Fsp3) is 0.375. The number of benzene rings is 1. The highest BCUT2D eigenvalue weighted by molar-refractivity contribution is 6.30. The number of hydrogen-bond donors (Lipinski definition) is 1. The predicted molar refractivity (Wildman–Crippen MR) is 87.5 cm³/mol. The highest BCUT2D eigenvalue weighted by atomic mass is 35.5. The lowest BCUT2D eigenvalue weighted by molar-refractivity contribution is 0.186. The van der Waals surface area contributed by atoms with Crippen LogP contribution in [-0.2, 0) is 13.6 Å². The summed E-state index contributed by atoms with van der Waals surface area (Å²) in [6.45, 7) is 1.68. The van der Waals surface area contributed by atoms with E-state index in [2.05, 4.69) is 10.3 Å². The van der Waals surface area contributed by atoms with E-state index in [-0.39, 0.29) is 12.1 Å². The number of amides is 2. The predicted octanol–water partition coefficient (Wildman–Crippen LogP) is 2.44. The lowest BCUT2D eigenvalue weighted by atomic mass is 10.3. The Kier molecular flexibility index (Phi) is 4.71. The van der Waals surface area contributed by atoms with E-state index in [1.165, 1.54) is 0 Å². The summed E-state index contributed by atoms with van der Waals surface area (Å²) < 4.78 is 7.77. The quantitative estimate of drug-likeness (QED) is 0.934. The summed E-state index contributed by atoms with van der Waals surface area (Å²) in [5.41, 5.74) is 0. The number of urea groups is 1. The van der Waals surface area contributed by atoms with Gasteiger partial charge in [0, 0.05) is 37.4 Å². The van der Waals surface area contributed by atoms with Gasteiger partial charge in [-0.2, -0.15) is 0 Å². The number of rotatable bonds is 4. The minimum atomic E-state index is -0.0878. The molecule has 0 spiro atoms. The van der Waals surface area contributed by atoms with Gasteiger partial charge in [0.15, 0.2) is 0 Å². The number of halogens is 1. The molecule has 1 aromatic heterocycles. The molecule has 1 aliphatic rings. The van der Waals surface area contributed by atoms with Crippen molar-refractivity contribution in [3.8, 4) is 5.75 Å². The first-order chi connectivity index (χ1) is 11.1. The highest BCUT2D eigenvalue weighted by Crippen LogP contribution is 2.20. The second-order valence-electron chi connectivity index (χ2n) is 5.54. The molecular formula is C16H19ClN4O2. The third-order valence-corrected chi connectivity index (χ3v) is 4.12. The summed E-state index contributed by atoms with van der Waals surface area (Å²) in [5, 5.41) is 3.57. The number of ether oxygens (including phenoxy) is 1. The molecule has 2 heterocycles. The zero-order valence-corrected chi connectivity index (χ0v) is 13.7. The summed E-state index contributed by atoms with van der Waals surface area (Å²) in [5.74, 6) is 1.60. The van der Waals surface area contributed by atoms with Gasteiger partial charge in [0.2, 0.25) is 0 Å². The molecular weight excluding hydrogens is 316 g/mol. The Bertz CT molecular complexity index is 671. The second kappa shape index (κ2) is 6.91. The fourth-order valence-corrected chi connectivity index (χ4v) is 2.67. The number of nitrogens with zero attached hydrogens (tertiary/aromatic N) is 3. The zero-order valence-electron chi connectivity index (χ0n) is 12.9. The van der Waals surface area contributed by atoms with Gasteiger partial charge in [0.25, 0.3) is 0 Å². The van der Waals surface area contributed by atoms with E-state index in [0.29, 0.717) is 24.7 Å². The summed E-state index contributed by atoms with van der Waals surface area (Å²) in [7, 11) is 1.90. The van der Waals surface area contributed by atoms with Gasteiger partial charge in [-0.3, -0.25) is 0 Å². The van der Waals surface area contributed by atoms with Crippen LogP contribution in [0.1, 0.15) is 12.2 Å². The number of aromatic nitrogens is 2. The van der Waals surface area contributed by atoms with E-state index < -0.39 is 0 Å². The lowest BCUT2D eigenvalue weighted by Crippen LogP contribution is -2.39.